The van der Waals surface area contributed by atoms with Crippen LogP contribution in [0.3, 0.4) is 0 Å². The summed E-state index contributed by atoms with van der Waals surface area (Å²) in [5.41, 5.74) is 0. The lowest BCUT2D eigenvalue weighted by molar-refractivity contribution is 0.418. The van der Waals surface area contributed by atoms with Crippen LogP contribution in [0.4, 0.5) is 0 Å². The number of allylic oxidation sites excluding steroid dienone is 1. The van der Waals surface area contributed by atoms with E-state index in [0.717, 1.165) is 13.1 Å². The Balaban J connectivity index is 2.32. The predicted molar refractivity (Wildman–Crippen MR) is 38.8 cm³/mol. The topological polar surface area (TPSA) is 3.24 Å². The summed E-state index contributed by atoms with van der Waals surface area (Å²) in [4.78, 5) is 2.22. The van der Waals surface area contributed by atoms with Crippen LogP contribution in [-0.2, 0) is 0 Å². The molecule has 0 amide bonds. The van der Waals surface area contributed by atoms with Crippen molar-refractivity contribution in [1.82, 2.24) is 4.90 Å². The van der Waals surface area contributed by atoms with Crippen molar-refractivity contribution in [3.63, 3.8) is 0 Å². The van der Waals surface area contributed by atoms with Gasteiger partial charge in [0.2, 0.25) is 0 Å². The first-order valence-corrected chi connectivity index (χ1v) is 3.32. The van der Waals surface area contributed by atoms with Crippen LogP contribution in [0.1, 0.15) is 13.3 Å². The van der Waals surface area contributed by atoms with E-state index in [9.17, 15) is 0 Å². The largest absolute Gasteiger partial charge is 0.366 e. The molecule has 1 heteroatoms. The Bertz CT molecular complexity index is 159. The van der Waals surface area contributed by atoms with Crippen molar-refractivity contribution in [1.29, 1.82) is 0 Å². The summed E-state index contributed by atoms with van der Waals surface area (Å²) < 4.78 is 0. The van der Waals surface area contributed by atoms with Gasteiger partial charge >= 0.3 is 0 Å². The first kappa shape index (κ1) is 6.22. The van der Waals surface area contributed by atoms with Gasteiger partial charge in [0.1, 0.15) is 0 Å². The molecule has 1 heterocycles. The van der Waals surface area contributed by atoms with Crippen molar-refractivity contribution in [2.45, 2.75) is 13.3 Å². The predicted octanol–water partition coefficient (Wildman–Crippen LogP) is 1.23. The Labute approximate surface area is 56.4 Å². The lowest BCUT2D eigenvalue weighted by Gasteiger charge is -2.16. The second kappa shape index (κ2) is 3.19. The summed E-state index contributed by atoms with van der Waals surface area (Å²) in [5, 5.41) is 0. The molecule has 0 fully saturated rings. The van der Waals surface area contributed by atoms with Gasteiger partial charge in [-0.3, -0.25) is 0 Å². The zero-order valence-corrected chi connectivity index (χ0v) is 5.72. The van der Waals surface area contributed by atoms with Gasteiger partial charge in [0.15, 0.2) is 0 Å². The standard InChI is InChI=1S/C8H11N/c1-2-6-9-7-4-3-5-8-9/h4,7H,2,6,8H2,1H3. The molecule has 0 spiro atoms. The second-order valence-corrected chi connectivity index (χ2v) is 2.11. The van der Waals surface area contributed by atoms with Crippen molar-refractivity contribution >= 4 is 0 Å². The zero-order chi connectivity index (χ0) is 6.53. The molecule has 0 bridgehead atoms. The van der Waals surface area contributed by atoms with Gasteiger partial charge in [0.25, 0.3) is 0 Å². The molecule has 0 saturated heterocycles. The van der Waals surface area contributed by atoms with Crippen LogP contribution in [0, 0.1) is 11.8 Å². The van der Waals surface area contributed by atoms with Crippen LogP contribution >= 0.6 is 0 Å². The number of nitrogens with zero attached hydrogens (tertiary/aromatic N) is 1. The Morgan fingerprint density at radius 2 is 2.56 bits per heavy atom. The van der Waals surface area contributed by atoms with Crippen molar-refractivity contribution in [2.75, 3.05) is 13.1 Å². The fourth-order valence-corrected chi connectivity index (χ4v) is 0.842. The molecular formula is C8H11N. The molecule has 1 aliphatic rings. The highest BCUT2D eigenvalue weighted by Gasteiger charge is 1.94. The fourth-order valence-electron chi connectivity index (χ4n) is 0.842. The summed E-state index contributed by atoms with van der Waals surface area (Å²) in [7, 11) is 0. The summed E-state index contributed by atoms with van der Waals surface area (Å²) in [6.07, 6.45) is 5.16. The van der Waals surface area contributed by atoms with Gasteiger partial charge in [-0.05, 0) is 6.42 Å². The maximum Gasteiger partial charge on any atom is 0.0792 e. The van der Waals surface area contributed by atoms with Gasteiger partial charge in [0.05, 0.1) is 6.54 Å². The lowest BCUT2D eigenvalue weighted by Crippen LogP contribution is -2.19. The van der Waals surface area contributed by atoms with E-state index in [1.165, 1.54) is 6.42 Å². The van der Waals surface area contributed by atoms with Crippen molar-refractivity contribution < 1.29 is 0 Å². The zero-order valence-electron chi connectivity index (χ0n) is 5.72. The van der Waals surface area contributed by atoms with Crippen LogP contribution in [0.15, 0.2) is 12.3 Å². The maximum atomic E-state index is 3.01. The molecule has 0 aromatic carbocycles. The molecule has 1 rings (SSSR count). The number of rotatable bonds is 2. The summed E-state index contributed by atoms with van der Waals surface area (Å²) >= 11 is 0. The van der Waals surface area contributed by atoms with E-state index in [0.29, 0.717) is 0 Å². The molecule has 9 heavy (non-hydrogen) atoms. The van der Waals surface area contributed by atoms with Gasteiger partial charge in [-0.2, -0.15) is 0 Å². The Morgan fingerprint density at radius 1 is 1.67 bits per heavy atom. The molecule has 0 aliphatic carbocycles. The molecular weight excluding hydrogens is 110 g/mol. The Kier molecular flexibility index (Phi) is 2.21. The van der Waals surface area contributed by atoms with E-state index < -0.39 is 0 Å². The van der Waals surface area contributed by atoms with E-state index in [1.807, 2.05) is 6.08 Å². The second-order valence-electron chi connectivity index (χ2n) is 2.11. The van der Waals surface area contributed by atoms with E-state index in [1.54, 1.807) is 0 Å². The van der Waals surface area contributed by atoms with Gasteiger partial charge in [0, 0.05) is 18.8 Å². The van der Waals surface area contributed by atoms with Crippen LogP contribution in [0.5, 0.6) is 0 Å². The first-order valence-electron chi connectivity index (χ1n) is 3.32. The van der Waals surface area contributed by atoms with Gasteiger partial charge in [-0.25, -0.2) is 0 Å². The monoisotopic (exact) mass is 121 g/mol. The Morgan fingerprint density at radius 3 is 3.11 bits per heavy atom. The van der Waals surface area contributed by atoms with Crippen LogP contribution in [0.25, 0.3) is 0 Å². The van der Waals surface area contributed by atoms with Crippen molar-refractivity contribution in [3.8, 4) is 11.8 Å². The van der Waals surface area contributed by atoms with Gasteiger partial charge < -0.3 is 4.90 Å². The lowest BCUT2D eigenvalue weighted by atomic mass is 10.3. The van der Waals surface area contributed by atoms with E-state index in [4.69, 9.17) is 0 Å². The first-order chi connectivity index (χ1) is 4.43. The molecule has 0 N–H and O–H groups in total. The van der Waals surface area contributed by atoms with Crippen LogP contribution < -0.4 is 0 Å². The minimum Gasteiger partial charge on any atom is -0.366 e. The van der Waals surface area contributed by atoms with E-state index in [-0.39, 0.29) is 0 Å². The highest BCUT2D eigenvalue weighted by atomic mass is 15.1. The molecule has 1 nitrogen and oxygen atoms in total. The quantitative estimate of drug-likeness (QED) is 0.497. The third kappa shape index (κ3) is 1.81. The molecule has 0 aromatic rings. The van der Waals surface area contributed by atoms with Crippen molar-refractivity contribution in [2.24, 2.45) is 0 Å². The van der Waals surface area contributed by atoms with Gasteiger partial charge in [-0.15, -0.1) is 0 Å². The van der Waals surface area contributed by atoms with Crippen LogP contribution in [-0.4, -0.2) is 18.0 Å². The average Bonchev–Trinajstić information content (AvgIpc) is 1.91. The van der Waals surface area contributed by atoms with Crippen LogP contribution in [0.2, 0.25) is 0 Å². The molecule has 0 aromatic heterocycles. The number of hydrogen-bond acceptors (Lipinski definition) is 1. The van der Waals surface area contributed by atoms with E-state index in [2.05, 4.69) is 29.9 Å². The summed E-state index contributed by atoms with van der Waals surface area (Å²) in [6.45, 7) is 4.21. The van der Waals surface area contributed by atoms with Crippen molar-refractivity contribution in [3.05, 3.63) is 12.3 Å². The van der Waals surface area contributed by atoms with Gasteiger partial charge in [-0.1, -0.05) is 18.8 Å². The molecule has 0 atom stereocenters. The summed E-state index contributed by atoms with van der Waals surface area (Å²) in [5.74, 6) is 5.91. The number of hydrogen-bond donors (Lipinski definition) is 0. The normalized spacial score (nSPS) is 15.0. The minimum absolute atomic E-state index is 0.907. The van der Waals surface area contributed by atoms with E-state index >= 15 is 0 Å². The molecule has 0 unspecified atom stereocenters. The maximum absolute atomic E-state index is 3.01. The Hall–Kier alpha value is -0.900. The molecule has 0 radical (unpaired) electrons. The smallest absolute Gasteiger partial charge is 0.0792 e. The average molecular weight is 121 g/mol. The SMILES string of the molecule is CCCN1C=CC#CC1. The third-order valence-electron chi connectivity index (χ3n) is 1.26. The minimum atomic E-state index is 0.907. The highest BCUT2D eigenvalue weighted by molar-refractivity contribution is 5.20. The molecule has 1 aliphatic heterocycles. The fraction of sp³-hybridized carbons (Fsp3) is 0.500. The highest BCUT2D eigenvalue weighted by Crippen LogP contribution is 1.93. The third-order valence-corrected chi connectivity index (χ3v) is 1.26. The summed E-state index contributed by atoms with van der Waals surface area (Å²) in [6, 6.07) is 0. The molecule has 0 saturated carbocycles. The molecule has 48 valence electrons.